The quantitative estimate of drug-likeness (QED) is 0.384. The minimum atomic E-state index is -0.994. The second kappa shape index (κ2) is 12.5. The van der Waals surface area contributed by atoms with E-state index in [9.17, 15) is 14.4 Å². The van der Waals surface area contributed by atoms with Gasteiger partial charge in [-0.3, -0.25) is 9.59 Å². The zero-order chi connectivity index (χ0) is 27.2. The van der Waals surface area contributed by atoms with Gasteiger partial charge in [0, 0.05) is 12.3 Å². The first-order valence-corrected chi connectivity index (χ1v) is 12.8. The topological polar surface area (TPSA) is 87.7 Å². The highest BCUT2D eigenvalue weighted by Crippen LogP contribution is 2.31. The average Bonchev–Trinajstić information content (AvgIpc) is 2.77. The van der Waals surface area contributed by atoms with Crippen molar-refractivity contribution >= 4 is 47.8 Å². The molecule has 0 bridgehead atoms. The standard InChI is InChI=1S/C27H36ClN3O4S/c1-8-31(25(33)21(15-36)29-26(34)35-27(5,6)7)23(19-13-12-16(2)14-18(19)4)24(32)30-22-17(3)10-9-11-20(22)28/h9-14,21,23,36H,8,15H2,1-7H3,(H,29,34)(H,30,32). The maximum Gasteiger partial charge on any atom is 0.408 e. The number of nitrogens with one attached hydrogen (secondary N) is 2. The van der Waals surface area contributed by atoms with Gasteiger partial charge in [-0.1, -0.05) is 47.5 Å². The van der Waals surface area contributed by atoms with Crippen LogP contribution in [0.25, 0.3) is 0 Å². The number of para-hydroxylation sites is 1. The Bertz CT molecular complexity index is 1100. The third-order valence-corrected chi connectivity index (χ3v) is 6.23. The lowest BCUT2D eigenvalue weighted by Gasteiger charge is -2.34. The Balaban J connectivity index is 2.49. The number of carbonyl (C=O) groups excluding carboxylic acids is 3. The number of likely N-dealkylation sites (N-methyl/N-ethyl adjacent to an activating group) is 1. The molecule has 9 heteroatoms. The molecule has 7 nitrogen and oxygen atoms in total. The number of hydrogen-bond donors (Lipinski definition) is 3. The fraction of sp³-hybridized carbons (Fsp3) is 0.444. The van der Waals surface area contributed by atoms with Crippen LogP contribution in [0, 0.1) is 20.8 Å². The summed E-state index contributed by atoms with van der Waals surface area (Å²) in [6.45, 7) is 12.9. The molecular formula is C27H36ClN3O4S. The van der Waals surface area contributed by atoms with Gasteiger partial charge in [0.15, 0.2) is 0 Å². The van der Waals surface area contributed by atoms with Gasteiger partial charge in [-0.2, -0.15) is 12.6 Å². The molecule has 0 aromatic heterocycles. The summed E-state index contributed by atoms with van der Waals surface area (Å²) in [5.41, 5.74) is 3.12. The molecule has 0 fully saturated rings. The van der Waals surface area contributed by atoms with E-state index in [1.54, 1.807) is 39.8 Å². The Morgan fingerprint density at radius 3 is 2.28 bits per heavy atom. The van der Waals surface area contributed by atoms with Gasteiger partial charge in [-0.15, -0.1) is 0 Å². The Kier molecular flexibility index (Phi) is 10.3. The first-order valence-electron chi connectivity index (χ1n) is 11.8. The number of nitrogens with zero attached hydrogens (tertiary/aromatic N) is 1. The molecule has 0 aliphatic carbocycles. The largest absolute Gasteiger partial charge is 0.444 e. The van der Waals surface area contributed by atoms with Gasteiger partial charge in [0.2, 0.25) is 5.91 Å². The highest BCUT2D eigenvalue weighted by Gasteiger charge is 2.36. The Morgan fingerprint density at radius 2 is 1.75 bits per heavy atom. The van der Waals surface area contributed by atoms with Crippen molar-refractivity contribution < 1.29 is 19.1 Å². The van der Waals surface area contributed by atoms with Crippen LogP contribution in [0.2, 0.25) is 5.02 Å². The van der Waals surface area contributed by atoms with Gasteiger partial charge >= 0.3 is 6.09 Å². The van der Waals surface area contributed by atoms with Crippen molar-refractivity contribution in [2.24, 2.45) is 0 Å². The molecule has 0 radical (unpaired) electrons. The average molecular weight is 534 g/mol. The van der Waals surface area contributed by atoms with E-state index in [0.717, 1.165) is 16.7 Å². The third-order valence-electron chi connectivity index (χ3n) is 5.55. The molecule has 3 amide bonds. The van der Waals surface area contributed by atoms with Gasteiger partial charge in [-0.05, 0) is 71.2 Å². The number of benzene rings is 2. The number of halogens is 1. The molecule has 0 aliphatic rings. The van der Waals surface area contributed by atoms with Crippen molar-refractivity contribution in [3.05, 3.63) is 63.7 Å². The maximum absolute atomic E-state index is 13.8. The van der Waals surface area contributed by atoms with Crippen LogP contribution in [-0.2, 0) is 14.3 Å². The van der Waals surface area contributed by atoms with Gasteiger partial charge in [0.25, 0.3) is 5.91 Å². The Hall–Kier alpha value is -2.71. The Labute approximate surface area is 224 Å². The molecule has 0 aliphatic heterocycles. The number of aryl methyl sites for hydroxylation is 3. The molecular weight excluding hydrogens is 498 g/mol. The zero-order valence-corrected chi connectivity index (χ0v) is 23.6. The number of rotatable bonds is 8. The number of alkyl carbamates (subject to hydrolysis) is 1. The molecule has 2 atom stereocenters. The molecule has 36 heavy (non-hydrogen) atoms. The van der Waals surface area contributed by atoms with E-state index in [1.165, 1.54) is 4.90 Å². The van der Waals surface area contributed by atoms with Crippen LogP contribution in [-0.4, -0.2) is 46.7 Å². The van der Waals surface area contributed by atoms with Crippen molar-refractivity contribution in [1.82, 2.24) is 10.2 Å². The van der Waals surface area contributed by atoms with E-state index in [-0.39, 0.29) is 12.3 Å². The Morgan fingerprint density at radius 1 is 1.08 bits per heavy atom. The monoisotopic (exact) mass is 533 g/mol. The summed E-state index contributed by atoms with van der Waals surface area (Å²) >= 11 is 10.7. The van der Waals surface area contributed by atoms with Crippen molar-refractivity contribution in [3.8, 4) is 0 Å². The van der Waals surface area contributed by atoms with Crippen LogP contribution in [0.1, 0.15) is 56.0 Å². The molecule has 0 saturated heterocycles. The molecule has 0 spiro atoms. The van der Waals surface area contributed by atoms with E-state index in [0.29, 0.717) is 16.3 Å². The molecule has 2 aromatic rings. The van der Waals surface area contributed by atoms with Gasteiger partial charge in [-0.25, -0.2) is 4.79 Å². The zero-order valence-electron chi connectivity index (χ0n) is 21.9. The first-order chi connectivity index (χ1) is 16.8. The normalized spacial score (nSPS) is 12.9. The number of hydrogen-bond acceptors (Lipinski definition) is 5. The summed E-state index contributed by atoms with van der Waals surface area (Å²) in [4.78, 5) is 41.3. The van der Waals surface area contributed by atoms with E-state index < -0.39 is 35.6 Å². The molecule has 2 unspecified atom stereocenters. The molecule has 2 N–H and O–H groups in total. The maximum atomic E-state index is 13.8. The van der Waals surface area contributed by atoms with Crippen LogP contribution >= 0.6 is 24.2 Å². The lowest BCUT2D eigenvalue weighted by atomic mass is 9.96. The minimum absolute atomic E-state index is 0.0272. The fourth-order valence-electron chi connectivity index (χ4n) is 3.87. The third kappa shape index (κ3) is 7.64. The number of carbonyl (C=O) groups is 3. The van der Waals surface area contributed by atoms with Gasteiger partial charge < -0.3 is 20.3 Å². The van der Waals surface area contributed by atoms with Crippen molar-refractivity contribution in [2.75, 3.05) is 17.6 Å². The lowest BCUT2D eigenvalue weighted by molar-refractivity contribution is -0.140. The smallest absolute Gasteiger partial charge is 0.408 e. The lowest BCUT2D eigenvalue weighted by Crippen LogP contribution is -2.53. The van der Waals surface area contributed by atoms with E-state index in [1.807, 2.05) is 45.0 Å². The minimum Gasteiger partial charge on any atom is -0.444 e. The molecule has 0 saturated carbocycles. The van der Waals surface area contributed by atoms with Crippen LogP contribution < -0.4 is 10.6 Å². The first kappa shape index (κ1) is 29.5. The molecule has 0 heterocycles. The number of anilines is 1. The second-order valence-electron chi connectivity index (χ2n) is 9.69. The van der Waals surface area contributed by atoms with Crippen LogP contribution in [0.4, 0.5) is 10.5 Å². The molecule has 196 valence electrons. The highest BCUT2D eigenvalue weighted by molar-refractivity contribution is 7.80. The van der Waals surface area contributed by atoms with E-state index in [4.69, 9.17) is 16.3 Å². The van der Waals surface area contributed by atoms with E-state index >= 15 is 0 Å². The SMILES string of the molecule is CCN(C(=O)C(CS)NC(=O)OC(C)(C)C)C(C(=O)Nc1c(C)cccc1Cl)c1ccc(C)cc1C. The van der Waals surface area contributed by atoms with Crippen molar-refractivity contribution in [1.29, 1.82) is 0 Å². The predicted molar refractivity (Wildman–Crippen MR) is 148 cm³/mol. The number of amides is 3. The van der Waals surface area contributed by atoms with Gasteiger partial charge in [0.05, 0.1) is 10.7 Å². The molecule has 2 aromatic carbocycles. The number of thiol groups is 1. The predicted octanol–water partition coefficient (Wildman–Crippen LogP) is 5.62. The summed E-state index contributed by atoms with van der Waals surface area (Å²) in [5.74, 6) is -0.836. The van der Waals surface area contributed by atoms with E-state index in [2.05, 4.69) is 23.3 Å². The summed E-state index contributed by atoms with van der Waals surface area (Å²) in [6.07, 6.45) is -0.731. The second-order valence-corrected chi connectivity index (χ2v) is 10.5. The van der Waals surface area contributed by atoms with Crippen LogP contribution in [0.3, 0.4) is 0 Å². The van der Waals surface area contributed by atoms with Gasteiger partial charge in [0.1, 0.15) is 17.7 Å². The summed E-state index contributed by atoms with van der Waals surface area (Å²) < 4.78 is 5.32. The summed E-state index contributed by atoms with van der Waals surface area (Å²) in [5, 5.41) is 5.91. The van der Waals surface area contributed by atoms with Crippen molar-refractivity contribution in [2.45, 2.75) is 66.2 Å². The summed E-state index contributed by atoms with van der Waals surface area (Å²) in [7, 11) is 0. The summed E-state index contributed by atoms with van der Waals surface area (Å²) in [6, 6.07) is 9.09. The fourth-order valence-corrected chi connectivity index (χ4v) is 4.38. The highest BCUT2D eigenvalue weighted by atomic mass is 35.5. The van der Waals surface area contributed by atoms with Crippen LogP contribution in [0.5, 0.6) is 0 Å². The number of ether oxygens (including phenoxy) is 1. The van der Waals surface area contributed by atoms with Crippen LogP contribution in [0.15, 0.2) is 36.4 Å². The van der Waals surface area contributed by atoms with Crippen molar-refractivity contribution in [3.63, 3.8) is 0 Å². The molecule has 2 rings (SSSR count).